The molecular weight excluding hydrogens is 440 g/mol. The zero-order chi connectivity index (χ0) is 24.4. The van der Waals surface area contributed by atoms with Crippen LogP contribution in [0, 0.1) is 6.92 Å². The van der Waals surface area contributed by atoms with Crippen molar-refractivity contribution in [3.63, 3.8) is 0 Å². The Morgan fingerprint density at radius 2 is 1.74 bits per heavy atom. The number of anilines is 1. The van der Waals surface area contributed by atoms with Crippen molar-refractivity contribution in [3.05, 3.63) is 82.6 Å². The number of carbonyl (C=O) groups excluding carboxylic acids is 3. The van der Waals surface area contributed by atoms with E-state index < -0.39 is 23.7 Å². The molecule has 1 aromatic heterocycles. The van der Waals surface area contributed by atoms with Gasteiger partial charge in [0.25, 0.3) is 5.78 Å². The zero-order valence-electron chi connectivity index (χ0n) is 18.8. The summed E-state index contributed by atoms with van der Waals surface area (Å²) in [6.45, 7) is 3.99. The number of rotatable bonds is 6. The van der Waals surface area contributed by atoms with Crippen molar-refractivity contribution in [2.75, 3.05) is 18.6 Å². The van der Waals surface area contributed by atoms with Gasteiger partial charge in [-0.05, 0) is 55.8 Å². The van der Waals surface area contributed by atoms with Gasteiger partial charge in [-0.25, -0.2) is 4.79 Å². The van der Waals surface area contributed by atoms with E-state index in [2.05, 4.69) is 5.16 Å². The maximum Gasteiger partial charge on any atom is 0.337 e. The van der Waals surface area contributed by atoms with Gasteiger partial charge in [0.1, 0.15) is 17.3 Å². The third kappa shape index (κ3) is 4.03. The number of carbonyl (C=O) groups is 3. The van der Waals surface area contributed by atoms with E-state index in [0.29, 0.717) is 34.8 Å². The van der Waals surface area contributed by atoms with Crippen LogP contribution >= 0.6 is 0 Å². The molecule has 9 heteroatoms. The van der Waals surface area contributed by atoms with Gasteiger partial charge in [0.2, 0.25) is 0 Å². The molecule has 0 unspecified atom stereocenters. The second-order valence-electron chi connectivity index (χ2n) is 7.54. The first-order chi connectivity index (χ1) is 16.3. The summed E-state index contributed by atoms with van der Waals surface area (Å²) in [5.41, 5.74) is 1.02. The van der Waals surface area contributed by atoms with Crippen LogP contribution in [0.3, 0.4) is 0 Å². The van der Waals surface area contributed by atoms with E-state index in [1.165, 1.54) is 30.2 Å². The van der Waals surface area contributed by atoms with Crippen molar-refractivity contribution >= 4 is 29.2 Å². The number of aromatic nitrogens is 1. The monoisotopic (exact) mass is 462 g/mol. The SMILES string of the molecule is CCOc1ccc(/C(O)=C2\C(=O)C(=O)N(c3cc(C)on3)[C@@H]2c2ccc(C(=O)OC)cc2)cc1. The molecule has 1 aliphatic heterocycles. The third-order valence-corrected chi connectivity index (χ3v) is 5.39. The van der Waals surface area contributed by atoms with Crippen LogP contribution in [0.15, 0.2) is 64.7 Å². The van der Waals surface area contributed by atoms with Gasteiger partial charge < -0.3 is 19.1 Å². The predicted octanol–water partition coefficient (Wildman–Crippen LogP) is 3.79. The van der Waals surface area contributed by atoms with Crippen LogP contribution in [0.1, 0.15) is 40.2 Å². The Balaban J connectivity index is 1.86. The summed E-state index contributed by atoms with van der Waals surface area (Å²) < 4.78 is 15.3. The number of hydrogen-bond donors (Lipinski definition) is 1. The molecule has 0 saturated carbocycles. The first-order valence-corrected chi connectivity index (χ1v) is 10.5. The summed E-state index contributed by atoms with van der Waals surface area (Å²) in [4.78, 5) is 39.2. The van der Waals surface area contributed by atoms with Gasteiger partial charge >= 0.3 is 11.9 Å². The number of aliphatic hydroxyl groups is 1. The maximum atomic E-state index is 13.1. The van der Waals surface area contributed by atoms with Crippen LogP contribution in [0.4, 0.5) is 5.82 Å². The lowest BCUT2D eigenvalue weighted by atomic mass is 9.94. The van der Waals surface area contributed by atoms with Crippen molar-refractivity contribution in [2.24, 2.45) is 0 Å². The Hall–Kier alpha value is -4.40. The molecule has 1 saturated heterocycles. The highest BCUT2D eigenvalue weighted by Gasteiger charge is 2.48. The quantitative estimate of drug-likeness (QED) is 0.254. The summed E-state index contributed by atoms with van der Waals surface area (Å²) in [7, 11) is 1.27. The van der Waals surface area contributed by atoms with Gasteiger partial charge in [0, 0.05) is 11.6 Å². The molecular formula is C25H22N2O7. The van der Waals surface area contributed by atoms with Gasteiger partial charge in [-0.15, -0.1) is 0 Å². The second-order valence-corrected chi connectivity index (χ2v) is 7.54. The van der Waals surface area contributed by atoms with Crippen LogP contribution in [0.2, 0.25) is 0 Å². The average Bonchev–Trinajstić information content (AvgIpc) is 3.39. The smallest absolute Gasteiger partial charge is 0.337 e. The summed E-state index contributed by atoms with van der Waals surface area (Å²) >= 11 is 0. The van der Waals surface area contributed by atoms with E-state index in [9.17, 15) is 19.5 Å². The number of amides is 1. The molecule has 1 atom stereocenters. The molecule has 174 valence electrons. The Bertz CT molecular complexity index is 1270. The fraction of sp³-hybridized carbons (Fsp3) is 0.200. The summed E-state index contributed by atoms with van der Waals surface area (Å²) in [6, 6.07) is 13.3. The minimum absolute atomic E-state index is 0.111. The van der Waals surface area contributed by atoms with E-state index in [-0.39, 0.29) is 17.2 Å². The normalized spacial score (nSPS) is 17.1. The first kappa shape index (κ1) is 22.8. The Kier molecular flexibility index (Phi) is 6.18. The van der Waals surface area contributed by atoms with Gasteiger partial charge in [-0.1, -0.05) is 17.3 Å². The fourth-order valence-corrected chi connectivity index (χ4v) is 3.80. The highest BCUT2D eigenvalue weighted by Crippen LogP contribution is 2.42. The van der Waals surface area contributed by atoms with Gasteiger partial charge in [0.05, 0.1) is 30.9 Å². The van der Waals surface area contributed by atoms with Crippen LogP contribution in [-0.2, 0) is 14.3 Å². The van der Waals surface area contributed by atoms with Crippen LogP contribution in [-0.4, -0.2) is 41.6 Å². The number of nitrogens with zero attached hydrogens (tertiary/aromatic N) is 2. The molecule has 2 aromatic carbocycles. The van der Waals surface area contributed by atoms with E-state index in [0.717, 1.165) is 0 Å². The van der Waals surface area contributed by atoms with Crippen molar-refractivity contribution in [1.29, 1.82) is 0 Å². The Morgan fingerprint density at radius 1 is 1.09 bits per heavy atom. The number of methoxy groups -OCH3 is 1. The Labute approximate surface area is 195 Å². The molecule has 9 nitrogen and oxygen atoms in total. The number of ketones is 1. The summed E-state index contributed by atoms with van der Waals surface area (Å²) in [5, 5.41) is 15.0. The highest BCUT2D eigenvalue weighted by molar-refractivity contribution is 6.51. The molecule has 0 spiro atoms. The lowest BCUT2D eigenvalue weighted by Gasteiger charge is -2.23. The molecule has 34 heavy (non-hydrogen) atoms. The largest absolute Gasteiger partial charge is 0.507 e. The van der Waals surface area contributed by atoms with E-state index >= 15 is 0 Å². The number of ether oxygens (including phenoxy) is 2. The molecule has 1 N–H and O–H groups in total. The minimum Gasteiger partial charge on any atom is -0.507 e. The van der Waals surface area contributed by atoms with Crippen molar-refractivity contribution in [1.82, 2.24) is 5.16 Å². The number of aliphatic hydroxyl groups excluding tert-OH is 1. The van der Waals surface area contributed by atoms with Crippen molar-refractivity contribution in [2.45, 2.75) is 19.9 Å². The molecule has 0 radical (unpaired) electrons. The number of hydrogen-bond acceptors (Lipinski definition) is 8. The van der Waals surface area contributed by atoms with E-state index in [1.54, 1.807) is 43.3 Å². The average molecular weight is 462 g/mol. The van der Waals surface area contributed by atoms with Crippen molar-refractivity contribution < 1.29 is 33.5 Å². The van der Waals surface area contributed by atoms with E-state index in [1.807, 2.05) is 6.92 Å². The molecule has 2 heterocycles. The zero-order valence-corrected chi connectivity index (χ0v) is 18.8. The highest BCUT2D eigenvalue weighted by atomic mass is 16.5. The summed E-state index contributed by atoms with van der Waals surface area (Å²) in [6.07, 6.45) is 0. The molecule has 0 aliphatic carbocycles. The third-order valence-electron chi connectivity index (χ3n) is 5.39. The van der Waals surface area contributed by atoms with E-state index in [4.69, 9.17) is 14.0 Å². The topological polar surface area (TPSA) is 119 Å². The minimum atomic E-state index is -0.997. The lowest BCUT2D eigenvalue weighted by molar-refractivity contribution is -0.132. The van der Waals surface area contributed by atoms with Crippen molar-refractivity contribution in [3.8, 4) is 5.75 Å². The predicted molar refractivity (Wildman–Crippen MR) is 121 cm³/mol. The summed E-state index contributed by atoms with van der Waals surface area (Å²) in [5.74, 6) is -1.41. The molecule has 0 bridgehead atoms. The van der Waals surface area contributed by atoms with Crippen LogP contribution in [0.25, 0.3) is 5.76 Å². The second kappa shape index (κ2) is 9.22. The molecule has 3 aromatic rings. The first-order valence-electron chi connectivity index (χ1n) is 10.5. The molecule has 4 rings (SSSR count). The van der Waals surface area contributed by atoms with Gasteiger partial charge in [0.15, 0.2) is 5.82 Å². The molecule has 1 fully saturated rings. The number of benzene rings is 2. The van der Waals surface area contributed by atoms with Crippen LogP contribution in [0.5, 0.6) is 5.75 Å². The Morgan fingerprint density at radius 3 is 2.29 bits per heavy atom. The van der Waals surface area contributed by atoms with Gasteiger partial charge in [-0.2, -0.15) is 0 Å². The standard InChI is InChI=1S/C25H22N2O7/c1-4-33-18-11-9-16(10-12-18)22(28)20-21(15-5-7-17(8-6-15)25(31)32-3)27(24(30)23(20)29)19-13-14(2)34-26-19/h5-13,21,28H,4H2,1-3H3/b22-20+/t21-/m1/s1. The molecule has 1 aliphatic rings. The number of aryl methyl sites for hydroxylation is 1. The number of esters is 1. The van der Waals surface area contributed by atoms with Gasteiger partial charge in [-0.3, -0.25) is 14.5 Å². The lowest BCUT2D eigenvalue weighted by Crippen LogP contribution is -2.29. The van der Waals surface area contributed by atoms with Crippen LogP contribution < -0.4 is 9.64 Å². The molecule has 1 amide bonds. The fourth-order valence-electron chi connectivity index (χ4n) is 3.80. The maximum absolute atomic E-state index is 13.1. The number of Topliss-reactive ketones (excluding diaryl/α,β-unsaturated/α-hetero) is 1.